The van der Waals surface area contributed by atoms with Gasteiger partial charge in [0.05, 0.1) is 0 Å². The molecule has 21 heavy (non-hydrogen) atoms. The molecule has 2 rings (SSSR count). The van der Waals surface area contributed by atoms with Crippen LogP contribution in [0.3, 0.4) is 0 Å². The largest absolute Gasteiger partial charge is 0.335 e. The molecule has 1 aliphatic rings. The summed E-state index contributed by atoms with van der Waals surface area (Å²) < 4.78 is 26.7. The molecule has 1 atom stereocenters. The van der Waals surface area contributed by atoms with Crippen LogP contribution in [0.15, 0.2) is 18.2 Å². The number of nitrogens with zero attached hydrogens (tertiary/aromatic N) is 1. The van der Waals surface area contributed by atoms with Crippen molar-refractivity contribution in [2.75, 3.05) is 13.1 Å². The van der Waals surface area contributed by atoms with E-state index in [1.165, 1.54) is 12.1 Å². The van der Waals surface area contributed by atoms with E-state index in [9.17, 15) is 13.6 Å². The average Bonchev–Trinajstić information content (AvgIpc) is 3.27. The van der Waals surface area contributed by atoms with Crippen LogP contribution in [0.1, 0.15) is 32.3 Å². The summed E-state index contributed by atoms with van der Waals surface area (Å²) in [5.74, 6) is -1.30. The second-order valence-corrected chi connectivity index (χ2v) is 5.64. The van der Waals surface area contributed by atoms with Crippen LogP contribution >= 0.6 is 0 Å². The molecule has 0 radical (unpaired) electrons. The van der Waals surface area contributed by atoms with Crippen molar-refractivity contribution in [3.05, 3.63) is 35.4 Å². The van der Waals surface area contributed by atoms with Crippen LogP contribution < -0.4 is 5.32 Å². The maximum absolute atomic E-state index is 13.8. The first-order valence-corrected chi connectivity index (χ1v) is 7.48. The van der Waals surface area contributed by atoms with Crippen molar-refractivity contribution in [2.45, 2.75) is 39.3 Å². The Morgan fingerprint density at radius 2 is 2.14 bits per heavy atom. The first kappa shape index (κ1) is 15.9. The van der Waals surface area contributed by atoms with E-state index in [0.717, 1.165) is 25.5 Å². The molecule has 0 bridgehead atoms. The molecule has 1 amide bonds. The lowest BCUT2D eigenvalue weighted by Gasteiger charge is -2.26. The van der Waals surface area contributed by atoms with E-state index in [1.54, 1.807) is 4.90 Å². The van der Waals surface area contributed by atoms with Crippen LogP contribution in [0.25, 0.3) is 0 Å². The molecule has 1 aliphatic carbocycles. The molecule has 1 saturated carbocycles. The van der Waals surface area contributed by atoms with Gasteiger partial charge in [-0.3, -0.25) is 4.79 Å². The van der Waals surface area contributed by atoms with Crippen molar-refractivity contribution < 1.29 is 13.6 Å². The van der Waals surface area contributed by atoms with Crippen LogP contribution in [0, 0.1) is 17.6 Å². The number of halogens is 2. The predicted molar refractivity (Wildman–Crippen MR) is 77.6 cm³/mol. The molecule has 1 unspecified atom stereocenters. The van der Waals surface area contributed by atoms with E-state index >= 15 is 0 Å². The summed E-state index contributed by atoms with van der Waals surface area (Å²) in [5.41, 5.74) is 0.368. The predicted octanol–water partition coefficient (Wildman–Crippen LogP) is 2.70. The van der Waals surface area contributed by atoms with Crippen LogP contribution in [0.4, 0.5) is 8.78 Å². The summed E-state index contributed by atoms with van der Waals surface area (Å²) in [4.78, 5) is 14.2. The summed E-state index contributed by atoms with van der Waals surface area (Å²) >= 11 is 0. The minimum absolute atomic E-state index is 0.0298. The van der Waals surface area contributed by atoms with Crippen LogP contribution in [0.2, 0.25) is 0 Å². The Bertz CT molecular complexity index is 503. The summed E-state index contributed by atoms with van der Waals surface area (Å²) in [7, 11) is 0. The first-order chi connectivity index (χ1) is 10.0. The van der Waals surface area contributed by atoms with Crippen molar-refractivity contribution in [3.8, 4) is 0 Å². The van der Waals surface area contributed by atoms with Crippen LogP contribution in [0.5, 0.6) is 0 Å². The van der Waals surface area contributed by atoms with Gasteiger partial charge in [-0.25, -0.2) is 8.78 Å². The van der Waals surface area contributed by atoms with Crippen molar-refractivity contribution in [1.29, 1.82) is 0 Å². The first-order valence-electron chi connectivity index (χ1n) is 7.48. The fourth-order valence-corrected chi connectivity index (χ4v) is 2.34. The van der Waals surface area contributed by atoms with Gasteiger partial charge in [0.1, 0.15) is 11.6 Å². The van der Waals surface area contributed by atoms with Gasteiger partial charge in [-0.05, 0) is 25.5 Å². The standard InChI is InChI=1S/C16H22F2N2O/c1-3-19-9-11(2)16(21)20(14-6-7-14)10-12-4-5-13(17)8-15(12)18/h4-5,8,11,14,19H,3,6-7,9-10H2,1-2H3. The van der Waals surface area contributed by atoms with Gasteiger partial charge in [-0.1, -0.05) is 19.9 Å². The Kier molecular flexibility index (Phi) is 5.28. The highest BCUT2D eigenvalue weighted by Gasteiger charge is 2.34. The van der Waals surface area contributed by atoms with Gasteiger partial charge in [0, 0.05) is 36.7 Å². The van der Waals surface area contributed by atoms with Gasteiger partial charge >= 0.3 is 0 Å². The van der Waals surface area contributed by atoms with E-state index in [2.05, 4.69) is 5.32 Å². The smallest absolute Gasteiger partial charge is 0.227 e. The lowest BCUT2D eigenvalue weighted by molar-refractivity contribution is -0.136. The number of hydrogen-bond donors (Lipinski definition) is 1. The average molecular weight is 296 g/mol. The molecule has 0 spiro atoms. The van der Waals surface area contributed by atoms with Crippen molar-refractivity contribution in [1.82, 2.24) is 10.2 Å². The number of hydrogen-bond acceptors (Lipinski definition) is 2. The zero-order valence-corrected chi connectivity index (χ0v) is 12.5. The zero-order chi connectivity index (χ0) is 15.4. The molecule has 0 heterocycles. The molecular weight excluding hydrogens is 274 g/mol. The molecule has 0 saturated heterocycles. The molecule has 1 fully saturated rings. The lowest BCUT2D eigenvalue weighted by atomic mass is 10.1. The third-order valence-electron chi connectivity index (χ3n) is 3.75. The van der Waals surface area contributed by atoms with Gasteiger partial charge in [0.2, 0.25) is 5.91 Å². The fourth-order valence-electron chi connectivity index (χ4n) is 2.34. The minimum atomic E-state index is -0.596. The molecular formula is C16H22F2N2O. The molecule has 1 aromatic rings. The number of amides is 1. The van der Waals surface area contributed by atoms with Crippen molar-refractivity contribution in [3.63, 3.8) is 0 Å². The third-order valence-corrected chi connectivity index (χ3v) is 3.75. The monoisotopic (exact) mass is 296 g/mol. The van der Waals surface area contributed by atoms with Gasteiger partial charge in [-0.15, -0.1) is 0 Å². The van der Waals surface area contributed by atoms with Crippen molar-refractivity contribution in [2.24, 2.45) is 5.92 Å². The van der Waals surface area contributed by atoms with E-state index in [4.69, 9.17) is 0 Å². The van der Waals surface area contributed by atoms with Crippen LogP contribution in [-0.4, -0.2) is 29.9 Å². The minimum Gasteiger partial charge on any atom is -0.335 e. The second kappa shape index (κ2) is 6.98. The van der Waals surface area contributed by atoms with Gasteiger partial charge < -0.3 is 10.2 Å². The van der Waals surface area contributed by atoms with Crippen LogP contribution in [-0.2, 0) is 11.3 Å². The number of carbonyl (C=O) groups is 1. The normalized spacial score (nSPS) is 15.8. The lowest BCUT2D eigenvalue weighted by Crippen LogP contribution is -2.40. The molecule has 1 aromatic carbocycles. The molecule has 0 aromatic heterocycles. The third kappa shape index (κ3) is 4.24. The molecule has 1 N–H and O–H groups in total. The fraction of sp³-hybridized carbons (Fsp3) is 0.562. The topological polar surface area (TPSA) is 32.3 Å². The van der Waals surface area contributed by atoms with E-state index in [0.29, 0.717) is 12.1 Å². The second-order valence-electron chi connectivity index (χ2n) is 5.64. The Morgan fingerprint density at radius 1 is 1.43 bits per heavy atom. The number of nitrogens with one attached hydrogen (secondary N) is 1. The Balaban J connectivity index is 2.07. The number of rotatable bonds is 7. The summed E-state index contributed by atoms with van der Waals surface area (Å²) in [6.45, 7) is 5.51. The van der Waals surface area contributed by atoms with Gasteiger partial charge in [0.25, 0.3) is 0 Å². The Labute approximate surface area is 124 Å². The summed E-state index contributed by atoms with van der Waals surface area (Å²) in [6.07, 6.45) is 1.92. The molecule has 116 valence electrons. The maximum atomic E-state index is 13.8. The Morgan fingerprint density at radius 3 is 2.71 bits per heavy atom. The summed E-state index contributed by atoms with van der Waals surface area (Å²) in [6, 6.07) is 3.72. The summed E-state index contributed by atoms with van der Waals surface area (Å²) in [5, 5.41) is 3.15. The van der Waals surface area contributed by atoms with E-state index in [1.807, 2.05) is 13.8 Å². The Hall–Kier alpha value is -1.49. The number of carbonyl (C=O) groups excluding carboxylic acids is 1. The molecule has 0 aliphatic heterocycles. The van der Waals surface area contributed by atoms with Crippen molar-refractivity contribution >= 4 is 5.91 Å². The molecule has 5 heteroatoms. The zero-order valence-electron chi connectivity index (χ0n) is 12.5. The van der Waals surface area contributed by atoms with E-state index < -0.39 is 11.6 Å². The SMILES string of the molecule is CCNCC(C)C(=O)N(Cc1ccc(F)cc1F)C1CC1. The highest BCUT2D eigenvalue weighted by molar-refractivity contribution is 5.79. The number of benzene rings is 1. The maximum Gasteiger partial charge on any atom is 0.227 e. The van der Waals surface area contributed by atoms with E-state index in [-0.39, 0.29) is 24.4 Å². The highest BCUT2D eigenvalue weighted by Crippen LogP contribution is 2.30. The van der Waals surface area contributed by atoms with Gasteiger partial charge in [0.15, 0.2) is 0 Å². The van der Waals surface area contributed by atoms with Gasteiger partial charge in [-0.2, -0.15) is 0 Å². The highest BCUT2D eigenvalue weighted by atomic mass is 19.1. The quantitative estimate of drug-likeness (QED) is 0.839. The molecule has 3 nitrogen and oxygen atoms in total.